The topological polar surface area (TPSA) is 22.1 Å². The van der Waals surface area contributed by atoms with Crippen molar-refractivity contribution in [2.45, 2.75) is 17.7 Å². The van der Waals surface area contributed by atoms with Gasteiger partial charge in [-0.05, 0) is 18.8 Å². The third kappa shape index (κ3) is 4.77. The Labute approximate surface area is 155 Å². The first-order valence-electron chi connectivity index (χ1n) is 5.18. The van der Waals surface area contributed by atoms with Crippen molar-refractivity contribution in [3.05, 3.63) is 23.0 Å². The maximum Gasteiger partial charge on any atom is 1.00 e. The SMILES string of the molecule is [K+].[S-]c1ccnc(C#CC2CCOCC2)c1Cl. The Morgan fingerprint density at radius 3 is 2.82 bits per heavy atom. The van der Waals surface area contributed by atoms with Crippen LogP contribution in [0.4, 0.5) is 0 Å². The van der Waals surface area contributed by atoms with Gasteiger partial charge in [-0.15, -0.1) is 0 Å². The fourth-order valence-electron chi connectivity index (χ4n) is 1.53. The Kier molecular flexibility index (Phi) is 7.54. The van der Waals surface area contributed by atoms with Crippen LogP contribution in [0.15, 0.2) is 17.2 Å². The van der Waals surface area contributed by atoms with Crippen molar-refractivity contribution in [3.63, 3.8) is 0 Å². The molecule has 0 N–H and O–H groups in total. The first kappa shape index (κ1) is 15.9. The summed E-state index contributed by atoms with van der Waals surface area (Å²) in [6.07, 6.45) is 3.61. The van der Waals surface area contributed by atoms with Gasteiger partial charge in [0, 0.05) is 25.3 Å². The van der Waals surface area contributed by atoms with Crippen molar-refractivity contribution in [2.24, 2.45) is 5.92 Å². The fourth-order valence-corrected chi connectivity index (χ4v) is 1.84. The van der Waals surface area contributed by atoms with Gasteiger partial charge in [0.15, 0.2) is 0 Å². The molecule has 2 rings (SSSR count). The summed E-state index contributed by atoms with van der Waals surface area (Å²) < 4.78 is 5.27. The van der Waals surface area contributed by atoms with Gasteiger partial charge in [-0.1, -0.05) is 23.6 Å². The van der Waals surface area contributed by atoms with Gasteiger partial charge in [-0.2, -0.15) is 4.90 Å². The first-order chi connectivity index (χ1) is 7.77. The summed E-state index contributed by atoms with van der Waals surface area (Å²) >= 11 is 11.1. The van der Waals surface area contributed by atoms with E-state index in [0.717, 1.165) is 26.1 Å². The zero-order valence-electron chi connectivity index (χ0n) is 9.70. The molecule has 0 unspecified atom stereocenters. The molecule has 84 valence electrons. The quantitative estimate of drug-likeness (QED) is 0.363. The number of ether oxygens (including phenoxy) is 1. The maximum absolute atomic E-state index is 6.02. The van der Waals surface area contributed by atoms with E-state index in [2.05, 4.69) is 16.8 Å². The van der Waals surface area contributed by atoms with Gasteiger partial charge in [0.2, 0.25) is 0 Å². The van der Waals surface area contributed by atoms with Crippen molar-refractivity contribution in [1.82, 2.24) is 4.98 Å². The number of aromatic nitrogens is 1. The Morgan fingerprint density at radius 2 is 2.12 bits per heavy atom. The molecule has 0 aromatic carbocycles. The number of hydrogen-bond donors (Lipinski definition) is 0. The second-order valence-corrected chi connectivity index (χ2v) is 4.45. The summed E-state index contributed by atoms with van der Waals surface area (Å²) in [6.45, 7) is 1.59. The van der Waals surface area contributed by atoms with Crippen LogP contribution in [0.5, 0.6) is 0 Å². The van der Waals surface area contributed by atoms with E-state index in [0.29, 0.717) is 21.5 Å². The van der Waals surface area contributed by atoms with Crippen LogP contribution in [0.1, 0.15) is 18.5 Å². The zero-order valence-corrected chi connectivity index (χ0v) is 14.4. The van der Waals surface area contributed by atoms with Gasteiger partial charge >= 0.3 is 51.4 Å². The average molecular weight is 292 g/mol. The van der Waals surface area contributed by atoms with Crippen LogP contribution in [0, 0.1) is 17.8 Å². The van der Waals surface area contributed by atoms with Crippen LogP contribution < -0.4 is 51.4 Å². The molecule has 1 aromatic rings. The minimum absolute atomic E-state index is 0. The van der Waals surface area contributed by atoms with Gasteiger partial charge in [-0.3, -0.25) is 0 Å². The van der Waals surface area contributed by atoms with E-state index in [1.165, 1.54) is 0 Å². The molecule has 1 saturated heterocycles. The van der Waals surface area contributed by atoms with E-state index in [-0.39, 0.29) is 51.4 Å². The molecule has 0 aliphatic carbocycles. The molecule has 2 heterocycles. The summed E-state index contributed by atoms with van der Waals surface area (Å²) in [4.78, 5) is 4.72. The average Bonchev–Trinajstić information content (AvgIpc) is 2.32. The summed E-state index contributed by atoms with van der Waals surface area (Å²) in [5.41, 5.74) is 0.584. The van der Waals surface area contributed by atoms with E-state index < -0.39 is 0 Å². The smallest absolute Gasteiger partial charge is 0.778 e. The van der Waals surface area contributed by atoms with Crippen LogP contribution in [0.3, 0.4) is 0 Å². The summed E-state index contributed by atoms with van der Waals surface area (Å²) in [7, 11) is 0. The minimum atomic E-state index is 0. The molecule has 1 fully saturated rings. The number of hydrogen-bond acceptors (Lipinski definition) is 3. The van der Waals surface area contributed by atoms with Gasteiger partial charge in [-0.25, -0.2) is 4.98 Å². The van der Waals surface area contributed by atoms with Crippen LogP contribution in [-0.4, -0.2) is 18.2 Å². The maximum atomic E-state index is 6.02. The van der Waals surface area contributed by atoms with Gasteiger partial charge in [0.1, 0.15) is 5.69 Å². The molecule has 0 bridgehead atoms. The molecule has 5 heteroatoms. The summed E-state index contributed by atoms with van der Waals surface area (Å²) in [5, 5.41) is 0.483. The zero-order chi connectivity index (χ0) is 11.4. The Bertz CT molecular complexity index is 438. The van der Waals surface area contributed by atoms with Crippen molar-refractivity contribution >= 4 is 24.2 Å². The molecule has 0 atom stereocenters. The third-order valence-corrected chi connectivity index (χ3v) is 3.30. The molecule has 1 aliphatic heterocycles. The second kappa shape index (κ2) is 8.08. The minimum Gasteiger partial charge on any atom is -0.778 e. The molecule has 0 saturated carbocycles. The predicted molar refractivity (Wildman–Crippen MR) is 65.3 cm³/mol. The number of rotatable bonds is 0. The normalized spacial score (nSPS) is 15.6. The Balaban J connectivity index is 0.00000144. The van der Waals surface area contributed by atoms with Crippen LogP contribution in [-0.2, 0) is 17.4 Å². The van der Waals surface area contributed by atoms with E-state index in [9.17, 15) is 0 Å². The van der Waals surface area contributed by atoms with Crippen molar-refractivity contribution in [3.8, 4) is 11.8 Å². The van der Waals surface area contributed by atoms with Crippen LogP contribution >= 0.6 is 11.6 Å². The molecule has 2 nitrogen and oxygen atoms in total. The van der Waals surface area contributed by atoms with E-state index in [4.69, 9.17) is 29.0 Å². The molecule has 0 spiro atoms. The van der Waals surface area contributed by atoms with Crippen LogP contribution in [0.2, 0.25) is 5.02 Å². The molecule has 1 aliphatic rings. The summed E-state index contributed by atoms with van der Waals surface area (Å²) in [5.74, 6) is 6.58. The van der Waals surface area contributed by atoms with E-state index in [1.807, 2.05) is 0 Å². The second-order valence-electron chi connectivity index (χ2n) is 3.63. The van der Waals surface area contributed by atoms with Crippen LogP contribution in [0.25, 0.3) is 0 Å². The molecule has 1 aromatic heterocycles. The summed E-state index contributed by atoms with van der Waals surface area (Å²) in [6, 6.07) is 1.71. The predicted octanol–water partition coefficient (Wildman–Crippen LogP) is -0.577. The molecular weight excluding hydrogens is 281 g/mol. The molecular formula is C12H11ClKNOS. The molecule has 0 amide bonds. The number of halogens is 1. The number of nitrogens with zero attached hydrogens (tertiary/aromatic N) is 1. The Hall–Kier alpha value is 0.816. The van der Waals surface area contributed by atoms with Gasteiger partial charge < -0.3 is 17.4 Å². The van der Waals surface area contributed by atoms with Crippen molar-refractivity contribution in [2.75, 3.05) is 13.2 Å². The van der Waals surface area contributed by atoms with Gasteiger partial charge in [0.25, 0.3) is 0 Å². The van der Waals surface area contributed by atoms with Crippen molar-refractivity contribution < 1.29 is 56.1 Å². The molecule has 17 heavy (non-hydrogen) atoms. The largest absolute Gasteiger partial charge is 1.00 e. The van der Waals surface area contributed by atoms with Crippen molar-refractivity contribution in [1.29, 1.82) is 0 Å². The standard InChI is InChI=1S/C12H12ClNOS.K/c13-12-10(14-6-3-11(12)16)2-1-9-4-7-15-8-5-9;/h3,6,9H,4-5,7-8H2,(H,14,16);/q;+1/p-1. The monoisotopic (exact) mass is 291 g/mol. The van der Waals surface area contributed by atoms with E-state index >= 15 is 0 Å². The number of pyridine rings is 1. The van der Waals surface area contributed by atoms with E-state index in [1.54, 1.807) is 12.3 Å². The molecule has 0 radical (unpaired) electrons. The Morgan fingerprint density at radius 1 is 1.41 bits per heavy atom. The first-order valence-corrected chi connectivity index (χ1v) is 5.97. The fraction of sp³-hybridized carbons (Fsp3) is 0.417. The third-order valence-electron chi connectivity index (χ3n) is 2.47. The van der Waals surface area contributed by atoms with Gasteiger partial charge in [0.05, 0.1) is 5.02 Å².